The number of allylic oxidation sites excluding steroid dienone is 1. The number of nitrogens with one attached hydrogen (secondary N) is 1. The number of rotatable bonds is 5. The average molecular weight is 155 g/mol. The molecule has 0 aliphatic rings. The zero-order chi connectivity index (χ0) is 8.85. The van der Waals surface area contributed by atoms with E-state index in [0.717, 1.165) is 12.3 Å². The molecule has 0 rings (SSSR count). The molecule has 0 radical (unpaired) electrons. The van der Waals surface area contributed by atoms with Crippen molar-refractivity contribution in [3.8, 4) is 0 Å². The van der Waals surface area contributed by atoms with E-state index in [1.807, 2.05) is 0 Å². The molecule has 0 aromatic carbocycles. The fourth-order valence-corrected chi connectivity index (χ4v) is 0.943. The Morgan fingerprint density at radius 1 is 1.27 bits per heavy atom. The highest BCUT2D eigenvalue weighted by molar-refractivity contribution is 4.92. The highest BCUT2D eigenvalue weighted by Gasteiger charge is 1.98. The smallest absolute Gasteiger partial charge is 0.0201 e. The second-order valence-corrected chi connectivity index (χ2v) is 3.84. The topological polar surface area (TPSA) is 12.0 Å². The van der Waals surface area contributed by atoms with Crippen LogP contribution in [0.1, 0.15) is 40.5 Å². The average Bonchev–Trinajstić information content (AvgIpc) is 1.82. The summed E-state index contributed by atoms with van der Waals surface area (Å²) in [4.78, 5) is 0. The van der Waals surface area contributed by atoms with Crippen LogP contribution in [0.5, 0.6) is 0 Å². The monoisotopic (exact) mass is 155 g/mol. The first-order chi connectivity index (χ1) is 5.02. The van der Waals surface area contributed by atoms with Gasteiger partial charge in [0.2, 0.25) is 0 Å². The van der Waals surface area contributed by atoms with Crippen LogP contribution in [-0.2, 0) is 0 Å². The van der Waals surface area contributed by atoms with Crippen molar-refractivity contribution in [3.63, 3.8) is 0 Å². The third-order valence-corrected chi connectivity index (χ3v) is 1.52. The second kappa shape index (κ2) is 5.22. The molecule has 0 aromatic rings. The Hall–Kier alpha value is -0.460. The predicted molar refractivity (Wildman–Crippen MR) is 51.5 cm³/mol. The third kappa shape index (κ3) is 7.44. The predicted octanol–water partition coefficient (Wildman–Crippen LogP) is 2.93. The lowest BCUT2D eigenvalue weighted by Gasteiger charge is -2.13. The van der Waals surface area contributed by atoms with Crippen LogP contribution < -0.4 is 5.32 Å². The SMILES string of the molecule is C=C(CCC(C)C)NC(C)C. The van der Waals surface area contributed by atoms with Gasteiger partial charge in [-0.25, -0.2) is 0 Å². The molecule has 1 nitrogen and oxygen atoms in total. The molecular formula is C10H21N. The Balaban J connectivity index is 3.38. The van der Waals surface area contributed by atoms with E-state index in [1.165, 1.54) is 12.1 Å². The molecule has 0 atom stereocenters. The van der Waals surface area contributed by atoms with Crippen LogP contribution in [0.25, 0.3) is 0 Å². The highest BCUT2D eigenvalue weighted by Crippen LogP contribution is 2.07. The lowest BCUT2D eigenvalue weighted by molar-refractivity contribution is 0.552. The van der Waals surface area contributed by atoms with Crippen molar-refractivity contribution in [2.75, 3.05) is 0 Å². The van der Waals surface area contributed by atoms with Crippen molar-refractivity contribution in [1.82, 2.24) is 5.32 Å². The van der Waals surface area contributed by atoms with Crippen molar-refractivity contribution < 1.29 is 0 Å². The Labute approximate surface area is 70.9 Å². The maximum atomic E-state index is 3.96. The van der Waals surface area contributed by atoms with Gasteiger partial charge in [-0.15, -0.1) is 0 Å². The Kier molecular flexibility index (Phi) is 5.01. The van der Waals surface area contributed by atoms with E-state index in [-0.39, 0.29) is 0 Å². The van der Waals surface area contributed by atoms with E-state index in [2.05, 4.69) is 39.6 Å². The van der Waals surface area contributed by atoms with Gasteiger partial charge >= 0.3 is 0 Å². The molecule has 0 aliphatic heterocycles. The Morgan fingerprint density at radius 3 is 2.18 bits per heavy atom. The van der Waals surface area contributed by atoms with E-state index < -0.39 is 0 Å². The van der Waals surface area contributed by atoms with Crippen molar-refractivity contribution >= 4 is 0 Å². The summed E-state index contributed by atoms with van der Waals surface area (Å²) in [6.07, 6.45) is 2.34. The van der Waals surface area contributed by atoms with Gasteiger partial charge in [-0.05, 0) is 32.6 Å². The molecular weight excluding hydrogens is 134 g/mol. The molecule has 0 amide bonds. The molecule has 0 saturated carbocycles. The van der Waals surface area contributed by atoms with Crippen molar-refractivity contribution in [1.29, 1.82) is 0 Å². The van der Waals surface area contributed by atoms with Gasteiger partial charge in [-0.3, -0.25) is 0 Å². The summed E-state index contributed by atoms with van der Waals surface area (Å²) >= 11 is 0. The second-order valence-electron chi connectivity index (χ2n) is 3.84. The quantitative estimate of drug-likeness (QED) is 0.643. The summed E-state index contributed by atoms with van der Waals surface area (Å²) in [6, 6.07) is 0.523. The van der Waals surface area contributed by atoms with E-state index >= 15 is 0 Å². The van der Waals surface area contributed by atoms with Crippen LogP contribution in [-0.4, -0.2) is 6.04 Å². The maximum Gasteiger partial charge on any atom is 0.0201 e. The lowest BCUT2D eigenvalue weighted by atomic mass is 10.1. The van der Waals surface area contributed by atoms with Crippen LogP contribution in [0.15, 0.2) is 12.3 Å². The van der Waals surface area contributed by atoms with Gasteiger partial charge in [0.1, 0.15) is 0 Å². The minimum atomic E-state index is 0.523. The van der Waals surface area contributed by atoms with Crippen molar-refractivity contribution in [3.05, 3.63) is 12.3 Å². The molecule has 0 fully saturated rings. The molecule has 0 spiro atoms. The highest BCUT2D eigenvalue weighted by atomic mass is 14.9. The molecule has 0 heterocycles. The van der Waals surface area contributed by atoms with Gasteiger partial charge < -0.3 is 5.32 Å². The maximum absolute atomic E-state index is 3.96. The molecule has 66 valence electrons. The Bertz CT molecular complexity index is 114. The molecule has 0 saturated heterocycles. The minimum absolute atomic E-state index is 0.523. The van der Waals surface area contributed by atoms with Gasteiger partial charge in [-0.1, -0.05) is 20.4 Å². The van der Waals surface area contributed by atoms with Crippen LogP contribution in [0.2, 0.25) is 0 Å². The van der Waals surface area contributed by atoms with Crippen LogP contribution in [0.4, 0.5) is 0 Å². The fraction of sp³-hybridized carbons (Fsp3) is 0.800. The molecule has 0 aliphatic carbocycles. The van der Waals surface area contributed by atoms with E-state index in [4.69, 9.17) is 0 Å². The van der Waals surface area contributed by atoms with Gasteiger partial charge in [0.05, 0.1) is 0 Å². The summed E-state index contributed by atoms with van der Waals surface area (Å²) in [5.74, 6) is 0.778. The van der Waals surface area contributed by atoms with Gasteiger partial charge in [0.15, 0.2) is 0 Å². The lowest BCUT2D eigenvalue weighted by Crippen LogP contribution is -2.21. The standard InChI is InChI=1S/C10H21N/c1-8(2)6-7-10(5)11-9(3)4/h8-9,11H,5-7H2,1-4H3. The molecule has 0 aromatic heterocycles. The van der Waals surface area contributed by atoms with Gasteiger partial charge in [-0.2, -0.15) is 0 Å². The largest absolute Gasteiger partial charge is 0.387 e. The van der Waals surface area contributed by atoms with Crippen molar-refractivity contribution in [2.24, 2.45) is 5.92 Å². The van der Waals surface area contributed by atoms with Crippen molar-refractivity contribution in [2.45, 2.75) is 46.6 Å². The first-order valence-electron chi connectivity index (χ1n) is 4.46. The first-order valence-corrected chi connectivity index (χ1v) is 4.46. The molecule has 0 unspecified atom stereocenters. The van der Waals surface area contributed by atoms with E-state index in [0.29, 0.717) is 6.04 Å². The van der Waals surface area contributed by atoms with Gasteiger partial charge in [0, 0.05) is 11.7 Å². The van der Waals surface area contributed by atoms with E-state index in [9.17, 15) is 0 Å². The molecule has 11 heavy (non-hydrogen) atoms. The number of hydrogen-bond donors (Lipinski definition) is 1. The zero-order valence-electron chi connectivity index (χ0n) is 8.28. The normalized spacial score (nSPS) is 10.7. The van der Waals surface area contributed by atoms with Crippen LogP contribution in [0.3, 0.4) is 0 Å². The minimum Gasteiger partial charge on any atom is -0.387 e. The fourth-order valence-electron chi connectivity index (χ4n) is 0.943. The first kappa shape index (κ1) is 10.5. The Morgan fingerprint density at radius 2 is 1.82 bits per heavy atom. The molecule has 0 bridgehead atoms. The molecule has 1 N–H and O–H groups in total. The number of hydrogen-bond acceptors (Lipinski definition) is 1. The summed E-state index contributed by atoms with van der Waals surface area (Å²) in [5, 5.41) is 3.30. The van der Waals surface area contributed by atoms with Crippen LogP contribution in [0, 0.1) is 5.92 Å². The molecule has 1 heteroatoms. The summed E-state index contributed by atoms with van der Waals surface area (Å²) < 4.78 is 0. The summed E-state index contributed by atoms with van der Waals surface area (Å²) in [5.41, 5.74) is 1.17. The summed E-state index contributed by atoms with van der Waals surface area (Å²) in [7, 11) is 0. The van der Waals surface area contributed by atoms with Crippen LogP contribution >= 0.6 is 0 Å². The zero-order valence-corrected chi connectivity index (χ0v) is 8.28. The van der Waals surface area contributed by atoms with Gasteiger partial charge in [0.25, 0.3) is 0 Å². The van der Waals surface area contributed by atoms with E-state index in [1.54, 1.807) is 0 Å². The third-order valence-electron chi connectivity index (χ3n) is 1.52. The summed E-state index contributed by atoms with van der Waals surface area (Å²) in [6.45, 7) is 12.7.